The summed E-state index contributed by atoms with van der Waals surface area (Å²) in [6, 6.07) is 6.64. The average molecular weight is 325 g/mol. The molecule has 0 aromatic heterocycles. The quantitative estimate of drug-likeness (QED) is 0.854. The maximum atomic E-state index is 11.7. The highest BCUT2D eigenvalue weighted by atomic mass is 35.5. The maximum Gasteiger partial charge on any atom is 0.175 e. The zero-order valence-electron chi connectivity index (χ0n) is 18.3. The van der Waals surface area contributed by atoms with E-state index in [2.05, 4.69) is 0 Å². The second-order valence-electron chi connectivity index (χ2n) is 4.84. The summed E-state index contributed by atoms with van der Waals surface area (Å²) in [4.78, 5) is 1.46. The van der Waals surface area contributed by atoms with E-state index in [0.717, 1.165) is 11.8 Å². The second kappa shape index (κ2) is 7.43. The molecular weight excluding hydrogens is 294 g/mol. The van der Waals surface area contributed by atoms with Gasteiger partial charge in [-0.25, -0.2) is 8.42 Å². The fraction of sp³-hybridized carbons (Fsp3) is 0.600. The predicted octanol–water partition coefficient (Wildman–Crippen LogP) is 3.10. The molecule has 20 heavy (non-hydrogen) atoms. The van der Waals surface area contributed by atoms with Gasteiger partial charge in [0, 0.05) is 15.9 Å². The van der Waals surface area contributed by atoms with Gasteiger partial charge < -0.3 is 4.90 Å². The zero-order chi connectivity index (χ0) is 20.0. The molecule has 1 aliphatic heterocycles. The van der Waals surface area contributed by atoms with Crippen molar-refractivity contribution in [1.82, 2.24) is 4.90 Å². The van der Waals surface area contributed by atoms with E-state index >= 15 is 0 Å². The summed E-state index contributed by atoms with van der Waals surface area (Å²) >= 11 is 0. The van der Waals surface area contributed by atoms with E-state index in [9.17, 15) is 8.42 Å². The van der Waals surface area contributed by atoms with Crippen molar-refractivity contribution in [1.29, 1.82) is 0 Å². The summed E-state index contributed by atoms with van der Waals surface area (Å²) in [6.07, 6.45) is -0.878. The largest absolute Gasteiger partial charge is 0.303 e. The molecule has 0 radical (unpaired) electrons. The maximum absolute atomic E-state index is 11.7. The van der Waals surface area contributed by atoms with Gasteiger partial charge in [0.15, 0.2) is 9.84 Å². The van der Waals surface area contributed by atoms with E-state index in [1.54, 1.807) is 12.1 Å². The molecule has 0 aliphatic carbocycles. The SMILES string of the molecule is Cl.[2H]C([2H])([2H])C([2H])([2H])C([2H])([2H])N1CCC(c2cccc(S(C)(=O)=O)c2)CC1. The van der Waals surface area contributed by atoms with Crippen molar-refractivity contribution >= 4 is 22.2 Å². The first-order chi connectivity index (χ1) is 11.7. The Morgan fingerprint density at radius 1 is 1.40 bits per heavy atom. The Hall–Kier alpha value is -0.580. The van der Waals surface area contributed by atoms with Crippen LogP contribution in [-0.4, -0.2) is 39.2 Å². The smallest absolute Gasteiger partial charge is 0.175 e. The minimum atomic E-state index is -3.32. The molecule has 0 bridgehead atoms. The number of likely N-dealkylation sites (tertiary alicyclic amines) is 1. The third-order valence-electron chi connectivity index (χ3n) is 3.47. The van der Waals surface area contributed by atoms with Crippen LogP contribution in [0, 0.1) is 0 Å². The Balaban J connectivity index is 0.00000364. The molecule has 1 fully saturated rings. The van der Waals surface area contributed by atoms with Gasteiger partial charge in [-0.3, -0.25) is 0 Å². The molecule has 0 spiro atoms. The lowest BCUT2D eigenvalue weighted by molar-refractivity contribution is 0.212. The van der Waals surface area contributed by atoms with Crippen LogP contribution in [0.15, 0.2) is 29.2 Å². The van der Waals surface area contributed by atoms with Crippen LogP contribution < -0.4 is 0 Å². The number of hydrogen-bond acceptors (Lipinski definition) is 3. The summed E-state index contributed by atoms with van der Waals surface area (Å²) in [6.45, 7) is -5.32. The average Bonchev–Trinajstić information content (AvgIpc) is 2.53. The summed E-state index contributed by atoms with van der Waals surface area (Å²) < 4.78 is 76.9. The van der Waals surface area contributed by atoms with Crippen LogP contribution in [0.25, 0.3) is 0 Å². The molecule has 1 aliphatic rings. The van der Waals surface area contributed by atoms with Crippen LogP contribution in [-0.2, 0) is 9.84 Å². The molecule has 0 amide bonds. The van der Waals surface area contributed by atoms with E-state index in [-0.39, 0.29) is 36.3 Å². The first kappa shape index (κ1) is 9.44. The van der Waals surface area contributed by atoms with Crippen molar-refractivity contribution in [3.63, 3.8) is 0 Å². The van der Waals surface area contributed by atoms with Crippen molar-refractivity contribution in [3.05, 3.63) is 29.8 Å². The van der Waals surface area contributed by atoms with Gasteiger partial charge in [-0.05, 0) is 62.4 Å². The van der Waals surface area contributed by atoms with Crippen molar-refractivity contribution < 1.29 is 18.0 Å². The lowest BCUT2D eigenvalue weighted by Gasteiger charge is -2.32. The lowest BCUT2D eigenvalue weighted by Crippen LogP contribution is -2.33. The molecule has 1 saturated heterocycles. The van der Waals surface area contributed by atoms with E-state index in [1.165, 1.54) is 11.0 Å². The number of benzene rings is 1. The summed E-state index contributed by atoms with van der Waals surface area (Å²) in [5.74, 6) is 0.0161. The fourth-order valence-corrected chi connectivity index (χ4v) is 3.08. The lowest BCUT2D eigenvalue weighted by atomic mass is 9.89. The van der Waals surface area contributed by atoms with E-state index in [4.69, 9.17) is 9.60 Å². The molecule has 1 aromatic rings. The highest BCUT2D eigenvalue weighted by Crippen LogP contribution is 2.29. The first-order valence-corrected chi connectivity index (χ1v) is 8.12. The first-order valence-electron chi connectivity index (χ1n) is 9.73. The molecular formula is C15H24ClNO2S. The molecule has 0 unspecified atom stereocenters. The van der Waals surface area contributed by atoms with Crippen molar-refractivity contribution in [2.24, 2.45) is 0 Å². The monoisotopic (exact) mass is 324 g/mol. The number of sulfone groups is 1. The third-order valence-corrected chi connectivity index (χ3v) is 4.58. The molecule has 5 heteroatoms. The Labute approximate surface area is 138 Å². The van der Waals surface area contributed by atoms with E-state index < -0.39 is 29.6 Å². The Morgan fingerprint density at radius 3 is 2.70 bits per heavy atom. The third kappa shape index (κ3) is 4.47. The molecule has 2 rings (SSSR count). The number of hydrogen-bond donors (Lipinski definition) is 0. The highest BCUT2D eigenvalue weighted by Gasteiger charge is 2.20. The van der Waals surface area contributed by atoms with Gasteiger partial charge in [0.1, 0.15) is 0 Å². The molecule has 0 atom stereocenters. The predicted molar refractivity (Wildman–Crippen MR) is 85.5 cm³/mol. The van der Waals surface area contributed by atoms with Crippen molar-refractivity contribution in [3.8, 4) is 0 Å². The van der Waals surface area contributed by atoms with E-state index in [0.29, 0.717) is 12.8 Å². The Bertz CT molecular complexity index is 760. The van der Waals surface area contributed by atoms with Gasteiger partial charge in [-0.2, -0.15) is 0 Å². The Morgan fingerprint density at radius 2 is 2.10 bits per heavy atom. The van der Waals surface area contributed by atoms with Crippen LogP contribution in [0.4, 0.5) is 0 Å². The van der Waals surface area contributed by atoms with Gasteiger partial charge in [0.2, 0.25) is 0 Å². The van der Waals surface area contributed by atoms with Gasteiger partial charge >= 0.3 is 0 Å². The van der Waals surface area contributed by atoms with Crippen LogP contribution in [0.2, 0.25) is 0 Å². The molecule has 1 aromatic carbocycles. The number of halogens is 1. The molecule has 3 nitrogen and oxygen atoms in total. The summed E-state index contributed by atoms with van der Waals surface area (Å²) in [5.41, 5.74) is 0.840. The second-order valence-corrected chi connectivity index (χ2v) is 6.86. The fourth-order valence-electron chi connectivity index (χ4n) is 2.40. The topological polar surface area (TPSA) is 37.4 Å². The molecule has 114 valence electrons. The standard InChI is InChI=1S/C15H23NO2S.ClH/c1-3-9-16-10-7-13(8-11-16)14-5-4-6-15(12-14)19(2,17)18;/h4-6,12-13H,3,7-11H2,1-2H3;1H/i1D3,3D2,9D2;. The molecule has 0 N–H and O–H groups in total. The van der Waals surface area contributed by atoms with Crippen LogP contribution in [0.5, 0.6) is 0 Å². The van der Waals surface area contributed by atoms with Crippen molar-refractivity contribution in [2.45, 2.75) is 36.9 Å². The van der Waals surface area contributed by atoms with Crippen LogP contribution >= 0.6 is 12.4 Å². The Kier molecular flexibility index (Phi) is 3.51. The number of rotatable bonds is 4. The minimum Gasteiger partial charge on any atom is -0.303 e. The molecule has 1 heterocycles. The number of nitrogens with zero attached hydrogens (tertiary/aromatic N) is 1. The van der Waals surface area contributed by atoms with E-state index in [1.807, 2.05) is 6.07 Å². The highest BCUT2D eigenvalue weighted by molar-refractivity contribution is 7.90. The van der Waals surface area contributed by atoms with Crippen LogP contribution in [0.3, 0.4) is 0 Å². The van der Waals surface area contributed by atoms with Gasteiger partial charge in [-0.15, -0.1) is 12.4 Å². The normalized spacial score (nSPS) is 24.9. The zero-order valence-corrected chi connectivity index (χ0v) is 12.9. The molecule has 0 saturated carbocycles. The summed E-state index contributed by atoms with van der Waals surface area (Å²) in [5, 5.41) is 0. The minimum absolute atomic E-state index is 0. The number of piperidine rings is 1. The van der Waals surface area contributed by atoms with Crippen molar-refractivity contribution in [2.75, 3.05) is 25.8 Å². The van der Waals surface area contributed by atoms with Gasteiger partial charge in [-0.1, -0.05) is 19.0 Å². The van der Waals surface area contributed by atoms with Gasteiger partial charge in [0.05, 0.1) is 4.90 Å². The summed E-state index contributed by atoms with van der Waals surface area (Å²) in [7, 11) is -3.32. The van der Waals surface area contributed by atoms with Crippen LogP contribution in [0.1, 0.15) is 47.1 Å². The van der Waals surface area contributed by atoms with Gasteiger partial charge in [0.25, 0.3) is 0 Å².